The van der Waals surface area contributed by atoms with Crippen molar-refractivity contribution in [2.75, 3.05) is 13.2 Å². The molecule has 0 aliphatic heterocycles. The highest BCUT2D eigenvalue weighted by molar-refractivity contribution is 5.77. The Kier molecular flexibility index (Phi) is 5.40. The van der Waals surface area contributed by atoms with Gasteiger partial charge in [-0.15, -0.1) is 0 Å². The van der Waals surface area contributed by atoms with Gasteiger partial charge in [0.15, 0.2) is 0 Å². The summed E-state index contributed by atoms with van der Waals surface area (Å²) in [6, 6.07) is -0.114. The molecule has 0 radical (unpaired) electrons. The van der Waals surface area contributed by atoms with E-state index in [9.17, 15) is 9.90 Å². The minimum absolute atomic E-state index is 0.0134. The van der Waals surface area contributed by atoms with E-state index in [0.29, 0.717) is 18.9 Å². The summed E-state index contributed by atoms with van der Waals surface area (Å²) >= 11 is 0. The molecular weight excluding hydrogens is 216 g/mol. The molecule has 0 aromatic heterocycles. The number of carbonyl (C=O) groups excluding carboxylic acids is 1. The standard InChI is InChI=1S/C13H26N2O2/c1-10(2)6-11(8-16)15-12(17)7-13(9-14)4-3-5-13/h10-11,16H,3-9,14H2,1-2H3,(H,15,17). The second kappa shape index (κ2) is 6.36. The summed E-state index contributed by atoms with van der Waals surface area (Å²) in [5.74, 6) is 0.509. The zero-order valence-corrected chi connectivity index (χ0v) is 11.0. The van der Waals surface area contributed by atoms with Crippen LogP contribution in [0, 0.1) is 11.3 Å². The van der Waals surface area contributed by atoms with Gasteiger partial charge in [0.2, 0.25) is 5.91 Å². The Bertz CT molecular complexity index is 244. The molecule has 0 aromatic rings. The van der Waals surface area contributed by atoms with Crippen LogP contribution in [0.25, 0.3) is 0 Å². The van der Waals surface area contributed by atoms with Crippen LogP contribution in [0.5, 0.6) is 0 Å². The molecule has 0 heterocycles. The lowest BCUT2D eigenvalue weighted by atomic mass is 9.66. The van der Waals surface area contributed by atoms with Crippen molar-refractivity contribution in [3.63, 3.8) is 0 Å². The third-order valence-corrected chi connectivity index (χ3v) is 3.72. The minimum atomic E-state index is -0.114. The van der Waals surface area contributed by atoms with Crippen LogP contribution in [-0.4, -0.2) is 30.2 Å². The molecule has 1 amide bonds. The molecule has 0 spiro atoms. The number of amides is 1. The predicted octanol–water partition coefficient (Wildman–Crippen LogP) is 1.03. The summed E-state index contributed by atoms with van der Waals surface area (Å²) in [7, 11) is 0. The summed E-state index contributed by atoms with van der Waals surface area (Å²) in [4.78, 5) is 11.9. The van der Waals surface area contributed by atoms with Gasteiger partial charge in [-0.1, -0.05) is 20.3 Å². The van der Waals surface area contributed by atoms with E-state index in [4.69, 9.17) is 5.73 Å². The van der Waals surface area contributed by atoms with Crippen LogP contribution < -0.4 is 11.1 Å². The van der Waals surface area contributed by atoms with Gasteiger partial charge in [-0.05, 0) is 37.1 Å². The van der Waals surface area contributed by atoms with Crippen LogP contribution in [0.1, 0.15) is 46.0 Å². The Hall–Kier alpha value is -0.610. The Labute approximate surface area is 104 Å². The summed E-state index contributed by atoms with van der Waals surface area (Å²) in [5.41, 5.74) is 5.78. The van der Waals surface area contributed by atoms with E-state index in [1.165, 1.54) is 6.42 Å². The zero-order valence-electron chi connectivity index (χ0n) is 11.0. The Morgan fingerprint density at radius 1 is 1.47 bits per heavy atom. The van der Waals surface area contributed by atoms with Gasteiger partial charge in [-0.2, -0.15) is 0 Å². The predicted molar refractivity (Wildman–Crippen MR) is 68.4 cm³/mol. The zero-order chi connectivity index (χ0) is 12.9. The maximum atomic E-state index is 11.9. The second-order valence-electron chi connectivity index (χ2n) is 5.81. The van der Waals surface area contributed by atoms with Crippen molar-refractivity contribution >= 4 is 5.91 Å². The highest BCUT2D eigenvalue weighted by atomic mass is 16.3. The van der Waals surface area contributed by atoms with Crippen LogP contribution in [0.15, 0.2) is 0 Å². The summed E-state index contributed by atoms with van der Waals surface area (Å²) in [6.45, 7) is 4.78. The molecule has 17 heavy (non-hydrogen) atoms. The number of rotatable bonds is 7. The lowest BCUT2D eigenvalue weighted by Gasteiger charge is -2.40. The van der Waals surface area contributed by atoms with Gasteiger partial charge >= 0.3 is 0 Å². The lowest BCUT2D eigenvalue weighted by Crippen LogP contribution is -2.45. The maximum Gasteiger partial charge on any atom is 0.220 e. The molecule has 0 aromatic carbocycles. The monoisotopic (exact) mass is 242 g/mol. The van der Waals surface area contributed by atoms with Crippen molar-refractivity contribution in [1.29, 1.82) is 0 Å². The Morgan fingerprint density at radius 3 is 2.47 bits per heavy atom. The van der Waals surface area contributed by atoms with Crippen LogP contribution in [-0.2, 0) is 4.79 Å². The molecule has 1 saturated carbocycles. The first kappa shape index (κ1) is 14.5. The molecule has 100 valence electrons. The molecule has 0 saturated heterocycles. The van der Waals surface area contributed by atoms with E-state index in [0.717, 1.165) is 19.3 Å². The molecule has 4 N–H and O–H groups in total. The van der Waals surface area contributed by atoms with E-state index < -0.39 is 0 Å². The average molecular weight is 242 g/mol. The second-order valence-corrected chi connectivity index (χ2v) is 5.81. The Balaban J connectivity index is 2.36. The van der Waals surface area contributed by atoms with Crippen LogP contribution in [0.4, 0.5) is 0 Å². The van der Waals surface area contributed by atoms with Crippen molar-refractivity contribution in [2.45, 2.75) is 52.0 Å². The topological polar surface area (TPSA) is 75.3 Å². The molecule has 1 aliphatic rings. The smallest absolute Gasteiger partial charge is 0.220 e. The van der Waals surface area contributed by atoms with Gasteiger partial charge < -0.3 is 16.2 Å². The van der Waals surface area contributed by atoms with Gasteiger partial charge in [0.25, 0.3) is 0 Å². The number of aliphatic hydroxyl groups excluding tert-OH is 1. The normalized spacial score (nSPS) is 19.8. The molecule has 1 unspecified atom stereocenters. The molecular formula is C13H26N2O2. The maximum absolute atomic E-state index is 11.9. The first-order valence-electron chi connectivity index (χ1n) is 6.61. The fourth-order valence-electron chi connectivity index (χ4n) is 2.50. The fraction of sp³-hybridized carbons (Fsp3) is 0.923. The summed E-state index contributed by atoms with van der Waals surface area (Å²) in [5, 5.41) is 12.1. The number of hydrogen-bond acceptors (Lipinski definition) is 3. The summed E-state index contributed by atoms with van der Waals surface area (Å²) in [6.07, 6.45) is 4.63. The number of carbonyl (C=O) groups is 1. The quantitative estimate of drug-likeness (QED) is 0.624. The lowest BCUT2D eigenvalue weighted by molar-refractivity contribution is -0.125. The van der Waals surface area contributed by atoms with E-state index in [-0.39, 0.29) is 24.0 Å². The number of hydrogen-bond donors (Lipinski definition) is 3. The SMILES string of the molecule is CC(C)CC(CO)NC(=O)CC1(CN)CCC1. The van der Waals surface area contributed by atoms with Crippen molar-refractivity contribution in [2.24, 2.45) is 17.1 Å². The molecule has 1 atom stereocenters. The van der Waals surface area contributed by atoms with E-state index in [1.54, 1.807) is 0 Å². The molecule has 1 rings (SSSR count). The number of nitrogens with one attached hydrogen (secondary N) is 1. The molecule has 4 nitrogen and oxygen atoms in total. The average Bonchev–Trinajstić information content (AvgIpc) is 2.21. The number of nitrogens with two attached hydrogens (primary N) is 1. The third-order valence-electron chi connectivity index (χ3n) is 3.72. The highest BCUT2D eigenvalue weighted by Gasteiger charge is 2.37. The van der Waals surface area contributed by atoms with Gasteiger partial charge in [0.05, 0.1) is 12.6 Å². The van der Waals surface area contributed by atoms with E-state index in [1.807, 2.05) is 0 Å². The Morgan fingerprint density at radius 2 is 2.12 bits per heavy atom. The van der Waals surface area contributed by atoms with Crippen LogP contribution in [0.2, 0.25) is 0 Å². The molecule has 0 bridgehead atoms. The fourth-order valence-corrected chi connectivity index (χ4v) is 2.50. The minimum Gasteiger partial charge on any atom is -0.394 e. The van der Waals surface area contributed by atoms with Gasteiger partial charge in [0.1, 0.15) is 0 Å². The van der Waals surface area contributed by atoms with Crippen molar-refractivity contribution < 1.29 is 9.90 Å². The summed E-state index contributed by atoms with van der Waals surface area (Å²) < 4.78 is 0. The first-order valence-corrected chi connectivity index (χ1v) is 6.61. The van der Waals surface area contributed by atoms with Crippen molar-refractivity contribution in [1.82, 2.24) is 5.32 Å². The molecule has 1 fully saturated rings. The van der Waals surface area contributed by atoms with Gasteiger partial charge in [0, 0.05) is 6.42 Å². The highest BCUT2D eigenvalue weighted by Crippen LogP contribution is 2.42. The number of aliphatic hydroxyl groups is 1. The van der Waals surface area contributed by atoms with Crippen molar-refractivity contribution in [3.8, 4) is 0 Å². The molecule has 4 heteroatoms. The third kappa shape index (κ3) is 4.28. The van der Waals surface area contributed by atoms with Gasteiger partial charge in [-0.3, -0.25) is 4.79 Å². The van der Waals surface area contributed by atoms with Gasteiger partial charge in [-0.25, -0.2) is 0 Å². The first-order chi connectivity index (χ1) is 8.01. The van der Waals surface area contributed by atoms with Crippen LogP contribution >= 0.6 is 0 Å². The molecule has 1 aliphatic carbocycles. The van der Waals surface area contributed by atoms with E-state index in [2.05, 4.69) is 19.2 Å². The van der Waals surface area contributed by atoms with Crippen molar-refractivity contribution in [3.05, 3.63) is 0 Å². The largest absolute Gasteiger partial charge is 0.394 e. The van der Waals surface area contributed by atoms with E-state index >= 15 is 0 Å². The van der Waals surface area contributed by atoms with Crippen LogP contribution in [0.3, 0.4) is 0 Å².